The predicted molar refractivity (Wildman–Crippen MR) is 94.9 cm³/mol. The summed E-state index contributed by atoms with van der Waals surface area (Å²) in [5.74, 6) is 0.589. The molecule has 7 heteroatoms. The fraction of sp³-hybridized carbons (Fsp3) is 0.556. The maximum absolute atomic E-state index is 12.5. The molecule has 0 heterocycles. The summed E-state index contributed by atoms with van der Waals surface area (Å²) in [5, 5.41) is 0. The van der Waals surface area contributed by atoms with Gasteiger partial charge in [0.15, 0.2) is 18.1 Å². The maximum atomic E-state index is 12.5. The number of carbonyl (C=O) groups is 2. The van der Waals surface area contributed by atoms with Crippen molar-refractivity contribution in [1.29, 1.82) is 0 Å². The molecule has 0 aliphatic rings. The Hall–Kier alpha value is -2.28. The van der Waals surface area contributed by atoms with Gasteiger partial charge in [-0.05, 0) is 33.2 Å². The van der Waals surface area contributed by atoms with Gasteiger partial charge in [-0.2, -0.15) is 0 Å². The Kier molecular flexibility index (Phi) is 9.39. The highest BCUT2D eigenvalue weighted by molar-refractivity contribution is 5.78. The highest BCUT2D eigenvalue weighted by Crippen LogP contribution is 2.25. The molecular formula is C18H28N2O5. The third kappa shape index (κ3) is 7.89. The first kappa shape index (κ1) is 20.8. The molecule has 0 N–H and O–H groups in total. The van der Waals surface area contributed by atoms with Gasteiger partial charge in [0.25, 0.3) is 5.91 Å². The Bertz CT molecular complexity index is 548. The van der Waals surface area contributed by atoms with Crippen LogP contribution in [0.1, 0.15) is 13.3 Å². The van der Waals surface area contributed by atoms with Gasteiger partial charge in [-0.15, -0.1) is 0 Å². The van der Waals surface area contributed by atoms with Crippen LogP contribution < -0.4 is 9.47 Å². The van der Waals surface area contributed by atoms with Gasteiger partial charge in [-0.3, -0.25) is 9.59 Å². The van der Waals surface area contributed by atoms with Gasteiger partial charge in [0, 0.05) is 19.6 Å². The third-order valence-corrected chi connectivity index (χ3v) is 3.48. The van der Waals surface area contributed by atoms with E-state index in [1.165, 1.54) is 0 Å². The van der Waals surface area contributed by atoms with Crippen LogP contribution in [0.5, 0.6) is 11.5 Å². The third-order valence-electron chi connectivity index (χ3n) is 3.48. The molecule has 140 valence electrons. The molecule has 1 amide bonds. The molecule has 0 saturated carbocycles. The van der Waals surface area contributed by atoms with E-state index in [-0.39, 0.29) is 24.9 Å². The van der Waals surface area contributed by atoms with Gasteiger partial charge < -0.3 is 24.0 Å². The number of amides is 1. The molecule has 0 atom stereocenters. The summed E-state index contributed by atoms with van der Waals surface area (Å²) in [6, 6.07) is 7.16. The minimum absolute atomic E-state index is 0.114. The molecule has 0 fully saturated rings. The van der Waals surface area contributed by atoms with E-state index in [1.807, 2.05) is 31.1 Å². The van der Waals surface area contributed by atoms with Gasteiger partial charge >= 0.3 is 5.97 Å². The van der Waals surface area contributed by atoms with Crippen molar-refractivity contribution < 1.29 is 23.8 Å². The van der Waals surface area contributed by atoms with E-state index in [0.29, 0.717) is 37.7 Å². The number of hydrogen-bond donors (Lipinski definition) is 0. The molecule has 0 bridgehead atoms. The molecule has 0 aliphatic carbocycles. The van der Waals surface area contributed by atoms with Gasteiger partial charge in [-0.1, -0.05) is 12.1 Å². The fourth-order valence-electron chi connectivity index (χ4n) is 2.11. The van der Waals surface area contributed by atoms with Crippen LogP contribution in [-0.2, 0) is 14.3 Å². The first-order valence-electron chi connectivity index (χ1n) is 8.31. The van der Waals surface area contributed by atoms with Gasteiger partial charge in [0.2, 0.25) is 0 Å². The Morgan fingerprint density at radius 3 is 2.32 bits per heavy atom. The minimum atomic E-state index is -0.309. The zero-order chi connectivity index (χ0) is 18.7. The normalized spacial score (nSPS) is 10.4. The first-order valence-corrected chi connectivity index (χ1v) is 8.31. The predicted octanol–water partition coefficient (Wildman–Crippen LogP) is 1.42. The first-order chi connectivity index (χ1) is 12.0. The van der Waals surface area contributed by atoms with E-state index in [4.69, 9.17) is 14.2 Å². The molecule has 0 spiro atoms. The second kappa shape index (κ2) is 11.3. The number of carbonyl (C=O) groups excluding carboxylic acids is 2. The smallest absolute Gasteiger partial charge is 0.307 e. The van der Waals surface area contributed by atoms with Crippen LogP contribution >= 0.6 is 0 Å². The van der Waals surface area contributed by atoms with Crippen molar-refractivity contribution in [2.45, 2.75) is 13.3 Å². The monoisotopic (exact) mass is 352 g/mol. The van der Waals surface area contributed by atoms with Crippen molar-refractivity contribution in [3.05, 3.63) is 24.3 Å². The summed E-state index contributed by atoms with van der Waals surface area (Å²) in [4.78, 5) is 27.6. The lowest BCUT2D eigenvalue weighted by Gasteiger charge is -2.24. The number of esters is 1. The summed E-state index contributed by atoms with van der Waals surface area (Å²) in [6.07, 6.45) is 0.168. The second-order valence-corrected chi connectivity index (χ2v) is 5.68. The summed E-state index contributed by atoms with van der Waals surface area (Å²) < 4.78 is 15.7. The van der Waals surface area contributed by atoms with Crippen LogP contribution in [-0.4, -0.2) is 75.7 Å². The van der Waals surface area contributed by atoms with Crippen molar-refractivity contribution in [3.8, 4) is 11.5 Å². The van der Waals surface area contributed by atoms with E-state index < -0.39 is 0 Å². The lowest BCUT2D eigenvalue weighted by atomic mass is 10.3. The highest BCUT2D eigenvalue weighted by atomic mass is 16.5. The van der Waals surface area contributed by atoms with Crippen LogP contribution in [0.4, 0.5) is 0 Å². The largest absolute Gasteiger partial charge is 0.493 e. The van der Waals surface area contributed by atoms with Crippen molar-refractivity contribution in [2.24, 2.45) is 0 Å². The quantitative estimate of drug-likeness (QED) is 0.561. The number of methoxy groups -OCH3 is 1. The van der Waals surface area contributed by atoms with E-state index in [0.717, 1.165) is 0 Å². The summed E-state index contributed by atoms with van der Waals surface area (Å²) in [5.41, 5.74) is 0. The SMILES string of the molecule is CCOC(=O)CCN(CCN(C)C)C(=O)COc1ccccc1OC. The lowest BCUT2D eigenvalue weighted by molar-refractivity contribution is -0.144. The van der Waals surface area contributed by atoms with E-state index in [2.05, 4.69) is 0 Å². The number of para-hydroxylation sites is 2. The molecule has 1 aromatic rings. The Morgan fingerprint density at radius 1 is 1.04 bits per heavy atom. The standard InChI is InChI=1S/C18H28N2O5/c1-5-24-18(22)10-11-20(13-12-19(2)3)17(21)14-25-16-9-7-6-8-15(16)23-4/h6-9H,5,10-14H2,1-4H3. The lowest BCUT2D eigenvalue weighted by Crippen LogP contribution is -2.40. The average molecular weight is 352 g/mol. The van der Waals surface area contributed by atoms with Crippen molar-refractivity contribution in [1.82, 2.24) is 9.80 Å². The molecular weight excluding hydrogens is 324 g/mol. The molecule has 25 heavy (non-hydrogen) atoms. The maximum Gasteiger partial charge on any atom is 0.307 e. The minimum Gasteiger partial charge on any atom is -0.493 e. The number of hydrogen-bond acceptors (Lipinski definition) is 6. The fourth-order valence-corrected chi connectivity index (χ4v) is 2.11. The molecule has 0 aromatic heterocycles. The zero-order valence-corrected chi connectivity index (χ0v) is 15.5. The van der Waals surface area contributed by atoms with Crippen molar-refractivity contribution in [2.75, 3.05) is 54.1 Å². The average Bonchev–Trinajstić information content (AvgIpc) is 2.60. The molecule has 1 rings (SSSR count). The molecule has 0 aliphatic heterocycles. The summed E-state index contributed by atoms with van der Waals surface area (Å²) in [6.45, 7) is 3.50. The highest BCUT2D eigenvalue weighted by Gasteiger charge is 2.17. The van der Waals surface area contributed by atoms with Crippen LogP contribution in [0.15, 0.2) is 24.3 Å². The van der Waals surface area contributed by atoms with Gasteiger partial charge in [0.05, 0.1) is 20.1 Å². The Balaban J connectivity index is 2.62. The topological polar surface area (TPSA) is 68.3 Å². The number of likely N-dealkylation sites (N-methyl/N-ethyl adjacent to an activating group) is 1. The van der Waals surface area contributed by atoms with Crippen LogP contribution in [0, 0.1) is 0 Å². The Morgan fingerprint density at radius 2 is 1.72 bits per heavy atom. The summed E-state index contributed by atoms with van der Waals surface area (Å²) in [7, 11) is 5.41. The van der Waals surface area contributed by atoms with Crippen LogP contribution in [0.2, 0.25) is 0 Å². The molecule has 0 unspecified atom stereocenters. The summed E-state index contributed by atoms with van der Waals surface area (Å²) >= 11 is 0. The zero-order valence-electron chi connectivity index (χ0n) is 15.5. The molecule has 0 saturated heterocycles. The molecule has 1 aromatic carbocycles. The van der Waals surface area contributed by atoms with E-state index >= 15 is 0 Å². The molecule has 0 radical (unpaired) electrons. The Labute approximate surface area is 149 Å². The number of rotatable bonds is 11. The van der Waals surface area contributed by atoms with E-state index in [9.17, 15) is 9.59 Å². The van der Waals surface area contributed by atoms with E-state index in [1.54, 1.807) is 31.1 Å². The molecule has 7 nitrogen and oxygen atoms in total. The van der Waals surface area contributed by atoms with Gasteiger partial charge in [-0.25, -0.2) is 0 Å². The number of nitrogens with zero attached hydrogens (tertiary/aromatic N) is 2. The second-order valence-electron chi connectivity index (χ2n) is 5.68. The van der Waals surface area contributed by atoms with Gasteiger partial charge in [0.1, 0.15) is 0 Å². The number of benzene rings is 1. The van der Waals surface area contributed by atoms with Crippen molar-refractivity contribution in [3.63, 3.8) is 0 Å². The van der Waals surface area contributed by atoms with Crippen LogP contribution in [0.25, 0.3) is 0 Å². The van der Waals surface area contributed by atoms with Crippen molar-refractivity contribution >= 4 is 11.9 Å². The number of ether oxygens (including phenoxy) is 3. The van der Waals surface area contributed by atoms with Crippen LogP contribution in [0.3, 0.4) is 0 Å².